The fourth-order valence-electron chi connectivity index (χ4n) is 3.03. The van der Waals surface area contributed by atoms with Gasteiger partial charge in [-0.1, -0.05) is 69.3 Å². The van der Waals surface area contributed by atoms with Crippen molar-refractivity contribution >= 4 is 15.9 Å². The Kier molecular flexibility index (Phi) is 8.21. The molecule has 0 aliphatic carbocycles. The summed E-state index contributed by atoms with van der Waals surface area (Å²) in [5.41, 5.74) is 4.02. The lowest BCUT2D eigenvalue weighted by atomic mass is 9.97. The van der Waals surface area contributed by atoms with Crippen LogP contribution in [0.2, 0.25) is 0 Å². The Balaban J connectivity index is 2.06. The standard InChI is InChI=1S/C24H34N2O3S/c1-6-16-26-30(28,29)24(4,5)22-13-11-21(12-14-22)20-9-7-19(8-10-20)15-17-25-23(27)18(2)3/h7-14,18,26H,6,15-17H2,1-5H3,(H,25,27). The minimum atomic E-state index is -3.46. The fraction of sp³-hybridized carbons (Fsp3) is 0.458. The molecule has 0 saturated carbocycles. The minimum Gasteiger partial charge on any atom is -0.356 e. The molecular formula is C24H34N2O3S. The van der Waals surface area contributed by atoms with Crippen LogP contribution in [-0.4, -0.2) is 27.4 Å². The van der Waals surface area contributed by atoms with Crippen molar-refractivity contribution in [3.63, 3.8) is 0 Å². The number of hydrogen-bond acceptors (Lipinski definition) is 3. The molecule has 0 heterocycles. The first kappa shape index (κ1) is 24.1. The van der Waals surface area contributed by atoms with Gasteiger partial charge >= 0.3 is 0 Å². The molecule has 0 fully saturated rings. The number of carbonyl (C=O) groups excluding carboxylic acids is 1. The van der Waals surface area contributed by atoms with Crippen LogP contribution in [0.3, 0.4) is 0 Å². The van der Waals surface area contributed by atoms with E-state index in [1.165, 1.54) is 0 Å². The number of sulfonamides is 1. The molecule has 2 aromatic carbocycles. The van der Waals surface area contributed by atoms with Gasteiger partial charge in [-0.15, -0.1) is 0 Å². The van der Waals surface area contributed by atoms with E-state index in [9.17, 15) is 13.2 Å². The maximum absolute atomic E-state index is 12.6. The predicted octanol–water partition coefficient (Wildman–Crippen LogP) is 4.23. The van der Waals surface area contributed by atoms with Gasteiger partial charge in [0.15, 0.2) is 0 Å². The highest BCUT2D eigenvalue weighted by atomic mass is 32.2. The summed E-state index contributed by atoms with van der Waals surface area (Å²) in [6, 6.07) is 15.9. The Morgan fingerprint density at radius 2 is 1.47 bits per heavy atom. The molecule has 2 rings (SSSR count). The summed E-state index contributed by atoms with van der Waals surface area (Å²) in [7, 11) is -3.46. The van der Waals surface area contributed by atoms with Gasteiger partial charge in [0.1, 0.15) is 4.75 Å². The normalized spacial score (nSPS) is 12.2. The van der Waals surface area contributed by atoms with Gasteiger partial charge < -0.3 is 5.32 Å². The highest BCUT2D eigenvalue weighted by molar-refractivity contribution is 7.90. The van der Waals surface area contributed by atoms with Crippen molar-refractivity contribution in [3.05, 3.63) is 59.7 Å². The van der Waals surface area contributed by atoms with Crippen LogP contribution in [0.4, 0.5) is 0 Å². The van der Waals surface area contributed by atoms with Crippen LogP contribution in [0.5, 0.6) is 0 Å². The highest BCUT2D eigenvalue weighted by Crippen LogP contribution is 2.31. The number of nitrogens with one attached hydrogen (secondary N) is 2. The first-order chi connectivity index (χ1) is 14.1. The lowest BCUT2D eigenvalue weighted by Crippen LogP contribution is -2.39. The van der Waals surface area contributed by atoms with E-state index >= 15 is 0 Å². The summed E-state index contributed by atoms with van der Waals surface area (Å²) in [5, 5.41) is 2.93. The average Bonchev–Trinajstić information content (AvgIpc) is 2.72. The largest absolute Gasteiger partial charge is 0.356 e. The lowest BCUT2D eigenvalue weighted by Gasteiger charge is -2.26. The van der Waals surface area contributed by atoms with Gasteiger partial charge in [0, 0.05) is 19.0 Å². The molecule has 0 aliphatic rings. The summed E-state index contributed by atoms with van der Waals surface area (Å²) in [5.74, 6) is 0.0688. The van der Waals surface area contributed by atoms with E-state index in [1.54, 1.807) is 13.8 Å². The van der Waals surface area contributed by atoms with Crippen LogP contribution in [0.1, 0.15) is 52.2 Å². The van der Waals surface area contributed by atoms with Gasteiger partial charge in [0.05, 0.1) is 0 Å². The lowest BCUT2D eigenvalue weighted by molar-refractivity contribution is -0.123. The van der Waals surface area contributed by atoms with E-state index < -0.39 is 14.8 Å². The maximum atomic E-state index is 12.6. The van der Waals surface area contributed by atoms with Gasteiger partial charge in [-0.05, 0) is 48.9 Å². The minimum absolute atomic E-state index is 0.00209. The maximum Gasteiger partial charge on any atom is 0.222 e. The average molecular weight is 431 g/mol. The van der Waals surface area contributed by atoms with Crippen LogP contribution in [0.15, 0.2) is 48.5 Å². The zero-order valence-electron chi connectivity index (χ0n) is 18.7. The van der Waals surface area contributed by atoms with E-state index in [0.717, 1.165) is 35.1 Å². The topological polar surface area (TPSA) is 75.3 Å². The molecule has 0 radical (unpaired) electrons. The van der Waals surface area contributed by atoms with E-state index in [-0.39, 0.29) is 11.8 Å². The van der Waals surface area contributed by atoms with Crippen molar-refractivity contribution < 1.29 is 13.2 Å². The van der Waals surface area contributed by atoms with E-state index in [2.05, 4.69) is 34.3 Å². The summed E-state index contributed by atoms with van der Waals surface area (Å²) in [4.78, 5) is 11.6. The van der Waals surface area contributed by atoms with Gasteiger partial charge in [0.25, 0.3) is 0 Å². The third kappa shape index (κ3) is 5.92. The summed E-state index contributed by atoms with van der Waals surface area (Å²) in [6.45, 7) is 10.2. The molecule has 0 atom stereocenters. The second-order valence-corrected chi connectivity index (χ2v) is 10.7. The Morgan fingerprint density at radius 3 is 1.97 bits per heavy atom. The number of rotatable bonds is 10. The van der Waals surface area contributed by atoms with Gasteiger partial charge in [0.2, 0.25) is 15.9 Å². The first-order valence-corrected chi connectivity index (χ1v) is 12.0. The zero-order valence-corrected chi connectivity index (χ0v) is 19.5. The molecule has 0 aromatic heterocycles. The molecule has 0 unspecified atom stereocenters. The number of carbonyl (C=O) groups is 1. The second kappa shape index (κ2) is 10.2. The quantitative estimate of drug-likeness (QED) is 0.592. The number of amides is 1. The van der Waals surface area contributed by atoms with E-state index in [4.69, 9.17) is 0 Å². The second-order valence-electron chi connectivity index (χ2n) is 8.38. The highest BCUT2D eigenvalue weighted by Gasteiger charge is 2.35. The third-order valence-corrected chi connectivity index (χ3v) is 7.48. The molecule has 5 nitrogen and oxygen atoms in total. The molecule has 0 saturated heterocycles. The van der Waals surface area contributed by atoms with Crippen molar-refractivity contribution in [2.75, 3.05) is 13.1 Å². The number of benzene rings is 2. The molecule has 2 N–H and O–H groups in total. The molecule has 0 bridgehead atoms. The fourth-order valence-corrected chi connectivity index (χ4v) is 4.31. The molecule has 1 amide bonds. The van der Waals surface area contributed by atoms with Crippen LogP contribution in [0.25, 0.3) is 11.1 Å². The van der Waals surface area contributed by atoms with Crippen LogP contribution < -0.4 is 10.0 Å². The van der Waals surface area contributed by atoms with Crippen LogP contribution >= 0.6 is 0 Å². The van der Waals surface area contributed by atoms with Crippen molar-refractivity contribution in [2.24, 2.45) is 5.92 Å². The zero-order chi connectivity index (χ0) is 22.4. The van der Waals surface area contributed by atoms with E-state index in [0.29, 0.717) is 13.1 Å². The molecular weight excluding hydrogens is 396 g/mol. The number of hydrogen-bond donors (Lipinski definition) is 2. The Morgan fingerprint density at radius 1 is 0.933 bits per heavy atom. The van der Waals surface area contributed by atoms with Gasteiger partial charge in [-0.2, -0.15) is 0 Å². The van der Waals surface area contributed by atoms with Crippen molar-refractivity contribution in [1.82, 2.24) is 10.0 Å². The van der Waals surface area contributed by atoms with Crippen molar-refractivity contribution in [1.29, 1.82) is 0 Å². The molecule has 0 spiro atoms. The molecule has 164 valence electrons. The summed E-state index contributed by atoms with van der Waals surface area (Å²) in [6.07, 6.45) is 1.54. The molecule has 2 aromatic rings. The van der Waals surface area contributed by atoms with Crippen LogP contribution in [-0.2, 0) is 26.0 Å². The predicted molar refractivity (Wildman–Crippen MR) is 124 cm³/mol. The Labute approximate surface area is 181 Å². The summed E-state index contributed by atoms with van der Waals surface area (Å²) >= 11 is 0. The van der Waals surface area contributed by atoms with E-state index in [1.807, 2.05) is 45.0 Å². The van der Waals surface area contributed by atoms with Crippen molar-refractivity contribution in [3.8, 4) is 11.1 Å². The summed E-state index contributed by atoms with van der Waals surface area (Å²) < 4.78 is 26.9. The first-order valence-electron chi connectivity index (χ1n) is 10.5. The molecule has 30 heavy (non-hydrogen) atoms. The monoisotopic (exact) mass is 430 g/mol. The Bertz CT molecular complexity index is 931. The van der Waals surface area contributed by atoms with Gasteiger partial charge in [-0.25, -0.2) is 13.1 Å². The molecule has 6 heteroatoms. The van der Waals surface area contributed by atoms with Crippen molar-refractivity contribution in [2.45, 2.75) is 52.2 Å². The van der Waals surface area contributed by atoms with Gasteiger partial charge in [-0.3, -0.25) is 4.79 Å². The smallest absolute Gasteiger partial charge is 0.222 e. The molecule has 0 aliphatic heterocycles. The third-order valence-electron chi connectivity index (χ3n) is 5.32. The Hall–Kier alpha value is -2.18. The SMILES string of the molecule is CCCNS(=O)(=O)C(C)(C)c1ccc(-c2ccc(CCNC(=O)C(C)C)cc2)cc1. The van der Waals surface area contributed by atoms with Crippen LogP contribution in [0, 0.1) is 5.92 Å².